The van der Waals surface area contributed by atoms with Gasteiger partial charge in [-0.1, -0.05) is 13.0 Å². The van der Waals surface area contributed by atoms with Crippen LogP contribution in [0.3, 0.4) is 0 Å². The van der Waals surface area contributed by atoms with Gasteiger partial charge in [-0.25, -0.2) is 4.99 Å². The van der Waals surface area contributed by atoms with Gasteiger partial charge in [-0.05, 0) is 62.6 Å². The van der Waals surface area contributed by atoms with E-state index in [1.807, 2.05) is 12.1 Å². The lowest BCUT2D eigenvalue weighted by Crippen LogP contribution is -2.39. The number of nitrogens with one attached hydrogen (secondary N) is 2. The summed E-state index contributed by atoms with van der Waals surface area (Å²) in [6.07, 6.45) is 6.38. The maximum absolute atomic E-state index is 6.10. The third-order valence-corrected chi connectivity index (χ3v) is 5.02. The highest BCUT2D eigenvalue weighted by Crippen LogP contribution is 2.32. The summed E-state index contributed by atoms with van der Waals surface area (Å²) in [5.41, 5.74) is 1.12. The van der Waals surface area contributed by atoms with Crippen molar-refractivity contribution in [3.8, 4) is 11.5 Å². The number of hydrogen-bond donors (Lipinski definition) is 2. The highest BCUT2D eigenvalue weighted by atomic mass is 127. The molecule has 2 saturated carbocycles. The standard InChI is InChI=1S/C20H31N3O2.HI/c1-4-21-20(23-17-11-14(17)2)22-13-15-9-10-18(19(12-15)24-3)25-16-7-5-6-8-16;/h9-10,12,14,16-17H,4-8,11,13H2,1-3H3,(H2,21,22,23);1H. The Morgan fingerprint density at radius 1 is 1.23 bits per heavy atom. The molecule has 2 unspecified atom stereocenters. The lowest BCUT2D eigenvalue weighted by molar-refractivity contribution is 0.200. The smallest absolute Gasteiger partial charge is 0.191 e. The highest BCUT2D eigenvalue weighted by molar-refractivity contribution is 14.0. The van der Waals surface area contributed by atoms with Crippen molar-refractivity contribution >= 4 is 29.9 Å². The van der Waals surface area contributed by atoms with Crippen LogP contribution in [0.2, 0.25) is 0 Å². The number of aliphatic imine (C=N–C) groups is 1. The van der Waals surface area contributed by atoms with E-state index < -0.39 is 0 Å². The van der Waals surface area contributed by atoms with Crippen molar-refractivity contribution in [2.24, 2.45) is 10.9 Å². The molecule has 1 aromatic carbocycles. The second-order valence-corrected chi connectivity index (χ2v) is 7.17. The van der Waals surface area contributed by atoms with Crippen LogP contribution in [-0.2, 0) is 6.54 Å². The molecule has 0 radical (unpaired) electrons. The van der Waals surface area contributed by atoms with Crippen LogP contribution in [0.4, 0.5) is 0 Å². The average Bonchev–Trinajstić information content (AvgIpc) is 3.08. The molecule has 2 aliphatic rings. The fourth-order valence-electron chi connectivity index (χ4n) is 3.28. The highest BCUT2D eigenvalue weighted by Gasteiger charge is 2.33. The average molecular weight is 473 g/mol. The Hall–Kier alpha value is -1.18. The zero-order valence-electron chi connectivity index (χ0n) is 16.1. The van der Waals surface area contributed by atoms with Crippen LogP contribution in [0.5, 0.6) is 11.5 Å². The number of nitrogens with zero attached hydrogens (tertiary/aromatic N) is 1. The molecule has 0 heterocycles. The Labute approximate surface area is 174 Å². The van der Waals surface area contributed by atoms with Crippen LogP contribution in [0.1, 0.15) is 51.5 Å². The normalized spacial score (nSPS) is 22.5. The van der Waals surface area contributed by atoms with Gasteiger partial charge in [-0.2, -0.15) is 0 Å². The first kappa shape index (κ1) is 21.1. The fourth-order valence-corrected chi connectivity index (χ4v) is 3.28. The first-order valence-electron chi connectivity index (χ1n) is 9.58. The topological polar surface area (TPSA) is 54.9 Å². The summed E-state index contributed by atoms with van der Waals surface area (Å²) in [4.78, 5) is 4.70. The Balaban J connectivity index is 0.00000243. The number of benzene rings is 1. The molecule has 1 aromatic rings. The molecule has 5 nitrogen and oxygen atoms in total. The van der Waals surface area contributed by atoms with Gasteiger partial charge in [0.05, 0.1) is 19.8 Å². The summed E-state index contributed by atoms with van der Waals surface area (Å²) in [6.45, 7) is 5.84. The van der Waals surface area contributed by atoms with E-state index in [1.165, 1.54) is 19.3 Å². The zero-order valence-corrected chi connectivity index (χ0v) is 18.4. The quantitative estimate of drug-likeness (QED) is 0.356. The van der Waals surface area contributed by atoms with E-state index in [-0.39, 0.29) is 24.0 Å². The minimum atomic E-state index is 0. The monoisotopic (exact) mass is 473 g/mol. The molecule has 0 spiro atoms. The summed E-state index contributed by atoms with van der Waals surface area (Å²) in [5, 5.41) is 6.80. The lowest BCUT2D eigenvalue weighted by Gasteiger charge is -2.16. The number of methoxy groups -OCH3 is 1. The molecular formula is C20H32IN3O2. The molecule has 0 aliphatic heterocycles. The van der Waals surface area contributed by atoms with Crippen LogP contribution >= 0.6 is 24.0 Å². The van der Waals surface area contributed by atoms with E-state index >= 15 is 0 Å². The Morgan fingerprint density at radius 2 is 1.96 bits per heavy atom. The van der Waals surface area contributed by atoms with Gasteiger partial charge in [0.15, 0.2) is 17.5 Å². The maximum Gasteiger partial charge on any atom is 0.191 e. The Kier molecular flexibility index (Phi) is 8.31. The van der Waals surface area contributed by atoms with Gasteiger partial charge in [0.2, 0.25) is 0 Å². The molecule has 0 amide bonds. The molecule has 6 heteroatoms. The molecule has 0 bridgehead atoms. The molecule has 26 heavy (non-hydrogen) atoms. The van der Waals surface area contributed by atoms with Gasteiger partial charge < -0.3 is 20.1 Å². The van der Waals surface area contributed by atoms with Crippen LogP contribution < -0.4 is 20.1 Å². The molecule has 3 rings (SSSR count). The van der Waals surface area contributed by atoms with Crippen molar-refractivity contribution in [3.05, 3.63) is 23.8 Å². The van der Waals surface area contributed by atoms with Gasteiger partial charge in [0, 0.05) is 12.6 Å². The van der Waals surface area contributed by atoms with Crippen molar-refractivity contribution in [2.45, 2.75) is 64.6 Å². The zero-order chi connectivity index (χ0) is 17.6. The first-order chi connectivity index (χ1) is 12.2. The predicted octanol–water partition coefficient (Wildman–Crippen LogP) is 4.10. The summed E-state index contributed by atoms with van der Waals surface area (Å²) < 4.78 is 11.6. The number of hydrogen-bond acceptors (Lipinski definition) is 3. The minimum absolute atomic E-state index is 0. The SMILES string of the molecule is CCNC(=NCc1ccc(OC2CCCC2)c(OC)c1)NC1CC1C.I. The molecular weight excluding hydrogens is 441 g/mol. The van der Waals surface area contributed by atoms with E-state index in [9.17, 15) is 0 Å². The van der Waals surface area contributed by atoms with Crippen molar-refractivity contribution in [3.63, 3.8) is 0 Å². The summed E-state index contributed by atoms with van der Waals surface area (Å²) in [5.74, 6) is 3.28. The number of guanidine groups is 1. The van der Waals surface area contributed by atoms with E-state index in [2.05, 4.69) is 30.5 Å². The van der Waals surface area contributed by atoms with E-state index in [1.54, 1.807) is 7.11 Å². The number of ether oxygens (including phenoxy) is 2. The number of rotatable bonds is 7. The van der Waals surface area contributed by atoms with Crippen molar-refractivity contribution in [2.75, 3.05) is 13.7 Å². The van der Waals surface area contributed by atoms with Gasteiger partial charge in [-0.15, -0.1) is 24.0 Å². The summed E-state index contributed by atoms with van der Waals surface area (Å²) in [7, 11) is 1.70. The molecule has 0 aromatic heterocycles. The lowest BCUT2D eigenvalue weighted by atomic mass is 10.2. The van der Waals surface area contributed by atoms with E-state index in [0.29, 0.717) is 18.7 Å². The third-order valence-electron chi connectivity index (χ3n) is 5.02. The summed E-state index contributed by atoms with van der Waals surface area (Å²) in [6, 6.07) is 6.71. The molecule has 2 fully saturated rings. The van der Waals surface area contributed by atoms with Gasteiger partial charge >= 0.3 is 0 Å². The Bertz CT molecular complexity index is 603. The van der Waals surface area contributed by atoms with Gasteiger partial charge in [0.25, 0.3) is 0 Å². The largest absolute Gasteiger partial charge is 0.493 e. The van der Waals surface area contributed by atoms with Crippen molar-refractivity contribution in [1.82, 2.24) is 10.6 Å². The second kappa shape index (κ2) is 10.2. The third kappa shape index (κ3) is 5.93. The predicted molar refractivity (Wildman–Crippen MR) is 117 cm³/mol. The van der Waals surface area contributed by atoms with Crippen molar-refractivity contribution < 1.29 is 9.47 Å². The van der Waals surface area contributed by atoms with E-state index in [4.69, 9.17) is 14.5 Å². The number of halogens is 1. The van der Waals surface area contributed by atoms with Crippen LogP contribution in [0.15, 0.2) is 23.2 Å². The fraction of sp³-hybridized carbons (Fsp3) is 0.650. The molecule has 2 atom stereocenters. The molecule has 146 valence electrons. The minimum Gasteiger partial charge on any atom is -0.493 e. The molecule has 2 N–H and O–H groups in total. The van der Waals surface area contributed by atoms with Gasteiger partial charge in [0.1, 0.15) is 0 Å². The Morgan fingerprint density at radius 3 is 2.58 bits per heavy atom. The van der Waals surface area contributed by atoms with Crippen LogP contribution in [0.25, 0.3) is 0 Å². The van der Waals surface area contributed by atoms with Crippen LogP contribution in [0, 0.1) is 5.92 Å². The summed E-state index contributed by atoms with van der Waals surface area (Å²) >= 11 is 0. The second-order valence-electron chi connectivity index (χ2n) is 7.17. The maximum atomic E-state index is 6.10. The molecule has 2 aliphatic carbocycles. The van der Waals surface area contributed by atoms with E-state index in [0.717, 1.165) is 48.3 Å². The van der Waals surface area contributed by atoms with Crippen LogP contribution in [-0.4, -0.2) is 31.8 Å². The molecule has 0 saturated heterocycles. The van der Waals surface area contributed by atoms with Crippen molar-refractivity contribution in [1.29, 1.82) is 0 Å². The van der Waals surface area contributed by atoms with Gasteiger partial charge in [-0.3, -0.25) is 0 Å². The first-order valence-corrected chi connectivity index (χ1v) is 9.58.